The Morgan fingerprint density at radius 3 is 2.22 bits per heavy atom. The van der Waals surface area contributed by atoms with E-state index in [-0.39, 0.29) is 11.8 Å². The number of nitrogens with zero attached hydrogens (tertiary/aromatic N) is 5. The van der Waals surface area contributed by atoms with Crippen LogP contribution < -0.4 is 18.9 Å². The molecule has 36 heavy (non-hydrogen) atoms. The average molecular weight is 517 g/mol. The lowest BCUT2D eigenvalue weighted by molar-refractivity contribution is -0.129. The lowest BCUT2D eigenvalue weighted by Gasteiger charge is -2.21. The van der Waals surface area contributed by atoms with Crippen LogP contribution in [-0.4, -0.2) is 78.6 Å². The highest BCUT2D eigenvalue weighted by Crippen LogP contribution is 2.37. The van der Waals surface area contributed by atoms with Crippen molar-refractivity contribution in [3.63, 3.8) is 0 Å². The third kappa shape index (κ3) is 4.78. The molecule has 0 saturated carbocycles. The number of benzene rings is 1. The van der Waals surface area contributed by atoms with Crippen molar-refractivity contribution in [1.29, 1.82) is 0 Å². The van der Waals surface area contributed by atoms with Crippen LogP contribution in [0.4, 0.5) is 5.95 Å². The number of anilines is 1. The highest BCUT2D eigenvalue weighted by Gasteiger charge is 2.35. The molecule has 2 aromatic heterocycles. The fourth-order valence-electron chi connectivity index (χ4n) is 3.98. The second-order valence-electron chi connectivity index (χ2n) is 8.08. The minimum absolute atomic E-state index is 0.154. The fraction of sp³-hybridized carbons (Fsp3) is 0.391. The topological polar surface area (TPSA) is 138 Å². The van der Waals surface area contributed by atoms with Crippen molar-refractivity contribution in [3.8, 4) is 34.6 Å². The highest BCUT2D eigenvalue weighted by molar-refractivity contribution is 7.94. The molecule has 1 saturated heterocycles. The quantitative estimate of drug-likeness (QED) is 0.453. The van der Waals surface area contributed by atoms with Crippen molar-refractivity contribution in [1.82, 2.24) is 24.6 Å². The molecule has 0 aliphatic carbocycles. The number of pyridine rings is 1. The number of methoxy groups -OCH3 is 3. The number of rotatable bonds is 9. The highest BCUT2D eigenvalue weighted by atomic mass is 32.2. The number of aromatic nitrogens is 4. The Bertz CT molecular complexity index is 1330. The van der Waals surface area contributed by atoms with Crippen molar-refractivity contribution >= 4 is 21.9 Å². The van der Waals surface area contributed by atoms with Crippen molar-refractivity contribution in [2.45, 2.75) is 25.0 Å². The third-order valence-electron chi connectivity index (χ3n) is 5.91. The molecule has 1 aliphatic rings. The first kappa shape index (κ1) is 25.2. The predicted molar refractivity (Wildman–Crippen MR) is 132 cm³/mol. The van der Waals surface area contributed by atoms with E-state index < -0.39 is 21.2 Å². The molecule has 1 N–H and O–H groups in total. The normalized spacial score (nSPS) is 14.4. The van der Waals surface area contributed by atoms with Gasteiger partial charge in [-0.2, -0.15) is 0 Å². The zero-order valence-corrected chi connectivity index (χ0v) is 21.3. The van der Waals surface area contributed by atoms with Crippen LogP contribution in [0.3, 0.4) is 0 Å². The number of para-hydroxylation sites is 1. The van der Waals surface area contributed by atoms with E-state index in [4.69, 9.17) is 14.2 Å². The van der Waals surface area contributed by atoms with E-state index in [1.165, 1.54) is 32.8 Å². The fourth-order valence-corrected chi connectivity index (χ4v) is 4.95. The lowest BCUT2D eigenvalue weighted by Crippen LogP contribution is -2.42. The second-order valence-corrected chi connectivity index (χ2v) is 10.1. The Morgan fingerprint density at radius 2 is 1.61 bits per heavy atom. The smallest absolute Gasteiger partial charge is 0.246 e. The Labute approximate surface area is 209 Å². The summed E-state index contributed by atoms with van der Waals surface area (Å²) < 4.78 is 46.8. The van der Waals surface area contributed by atoms with Gasteiger partial charge in [0.2, 0.25) is 27.8 Å². The van der Waals surface area contributed by atoms with Gasteiger partial charge in [0, 0.05) is 19.2 Å². The van der Waals surface area contributed by atoms with Crippen LogP contribution in [0.15, 0.2) is 36.4 Å². The van der Waals surface area contributed by atoms with Gasteiger partial charge in [0.05, 0.1) is 21.3 Å². The molecule has 1 aliphatic heterocycles. The molecule has 3 aromatic rings. The number of hydrogen-bond acceptors (Lipinski definition) is 9. The Hall–Kier alpha value is -3.87. The van der Waals surface area contributed by atoms with Crippen molar-refractivity contribution < 1.29 is 27.4 Å². The zero-order valence-electron chi connectivity index (χ0n) is 20.5. The molecule has 1 aromatic carbocycles. The van der Waals surface area contributed by atoms with Crippen molar-refractivity contribution in [2.75, 3.05) is 39.1 Å². The molecule has 3 heterocycles. The molecule has 1 unspecified atom stereocenters. The van der Waals surface area contributed by atoms with Crippen LogP contribution in [0, 0.1) is 0 Å². The summed E-state index contributed by atoms with van der Waals surface area (Å²) >= 11 is 0. The Balaban J connectivity index is 1.85. The van der Waals surface area contributed by atoms with E-state index in [0.29, 0.717) is 41.8 Å². The number of ether oxygens (including phenoxy) is 3. The van der Waals surface area contributed by atoms with Gasteiger partial charge in [-0.25, -0.2) is 13.4 Å². The maximum Gasteiger partial charge on any atom is 0.246 e. The summed E-state index contributed by atoms with van der Waals surface area (Å²) in [7, 11) is 0.250. The van der Waals surface area contributed by atoms with Gasteiger partial charge in [-0.3, -0.25) is 14.1 Å². The van der Waals surface area contributed by atoms with E-state index in [0.717, 1.165) is 12.8 Å². The summed E-state index contributed by atoms with van der Waals surface area (Å²) in [5.74, 6) is 0.669. The van der Waals surface area contributed by atoms with E-state index in [2.05, 4.69) is 19.9 Å². The number of carbonyl (C=O) groups excluding carboxylic acids is 1. The largest absolute Gasteiger partial charge is 0.494 e. The molecular formula is C23H28N6O6S. The molecule has 1 atom stereocenters. The number of likely N-dealkylation sites (tertiary alicyclic amines) is 1. The van der Waals surface area contributed by atoms with Gasteiger partial charge in [0.15, 0.2) is 11.1 Å². The predicted octanol–water partition coefficient (Wildman–Crippen LogP) is 2.11. The number of nitrogens with one attached hydrogen (secondary N) is 1. The minimum Gasteiger partial charge on any atom is -0.494 e. The average Bonchev–Trinajstić information content (AvgIpc) is 3.57. The van der Waals surface area contributed by atoms with Gasteiger partial charge >= 0.3 is 0 Å². The molecule has 4 rings (SSSR count). The first-order chi connectivity index (χ1) is 17.3. The maximum absolute atomic E-state index is 13.3. The van der Waals surface area contributed by atoms with Crippen LogP contribution in [0.25, 0.3) is 17.2 Å². The second kappa shape index (κ2) is 10.4. The summed E-state index contributed by atoms with van der Waals surface area (Å²) in [6, 6.07) is 10.2. The molecule has 1 amide bonds. The Kier molecular flexibility index (Phi) is 7.29. The number of carbonyl (C=O) groups is 1. The molecular weight excluding hydrogens is 488 g/mol. The summed E-state index contributed by atoms with van der Waals surface area (Å²) in [5.41, 5.74) is 0.713. The van der Waals surface area contributed by atoms with Crippen LogP contribution in [-0.2, 0) is 14.8 Å². The van der Waals surface area contributed by atoms with Gasteiger partial charge in [-0.05, 0) is 38.0 Å². The molecule has 1 fully saturated rings. The van der Waals surface area contributed by atoms with Gasteiger partial charge in [-0.1, -0.05) is 12.1 Å². The molecule has 0 bridgehead atoms. The minimum atomic E-state index is -4.19. The van der Waals surface area contributed by atoms with Crippen LogP contribution >= 0.6 is 0 Å². The summed E-state index contributed by atoms with van der Waals surface area (Å²) in [6.45, 7) is 2.44. The monoisotopic (exact) mass is 516 g/mol. The Morgan fingerprint density at radius 1 is 0.972 bits per heavy atom. The van der Waals surface area contributed by atoms with Gasteiger partial charge in [0.25, 0.3) is 0 Å². The third-order valence-corrected chi connectivity index (χ3v) is 7.51. The first-order valence-corrected chi connectivity index (χ1v) is 12.8. The van der Waals surface area contributed by atoms with E-state index in [1.54, 1.807) is 41.3 Å². The maximum atomic E-state index is 13.3. The van der Waals surface area contributed by atoms with E-state index in [1.807, 2.05) is 0 Å². The van der Waals surface area contributed by atoms with Gasteiger partial charge < -0.3 is 19.1 Å². The van der Waals surface area contributed by atoms with Crippen LogP contribution in [0.1, 0.15) is 19.8 Å². The van der Waals surface area contributed by atoms with Crippen LogP contribution in [0.5, 0.6) is 17.4 Å². The van der Waals surface area contributed by atoms with Crippen molar-refractivity contribution in [2.24, 2.45) is 0 Å². The van der Waals surface area contributed by atoms with E-state index in [9.17, 15) is 13.2 Å². The molecule has 12 nitrogen and oxygen atoms in total. The number of sulfonamides is 1. The SMILES string of the molecule is COc1cccc(-c2nnc(NS(=O)(=O)C(C)C(=O)N3CCCC3)n2-c2c(OC)cccc2OC)n1. The van der Waals surface area contributed by atoms with E-state index >= 15 is 0 Å². The number of amides is 1. The van der Waals surface area contributed by atoms with Crippen molar-refractivity contribution in [3.05, 3.63) is 36.4 Å². The molecule has 13 heteroatoms. The van der Waals surface area contributed by atoms with Gasteiger partial charge in [0.1, 0.15) is 22.9 Å². The van der Waals surface area contributed by atoms with Crippen LogP contribution in [0.2, 0.25) is 0 Å². The molecule has 0 spiro atoms. The van der Waals surface area contributed by atoms with Gasteiger partial charge in [-0.15, -0.1) is 10.2 Å². The summed E-state index contributed by atoms with van der Waals surface area (Å²) in [4.78, 5) is 18.8. The molecule has 0 radical (unpaired) electrons. The lowest BCUT2D eigenvalue weighted by atomic mass is 10.2. The standard InChI is InChI=1S/C23H28N6O6S/c1-15(22(30)28-13-5-6-14-28)36(31,32)27-23-26-25-21(16-9-7-12-19(24-16)35-4)29(23)20-17(33-2)10-8-11-18(20)34-3/h7-12,15H,5-6,13-14H2,1-4H3,(H,26,27). The summed E-state index contributed by atoms with van der Waals surface area (Å²) in [6.07, 6.45) is 1.70. The zero-order chi connectivity index (χ0) is 25.9. The first-order valence-electron chi connectivity index (χ1n) is 11.3. The summed E-state index contributed by atoms with van der Waals surface area (Å²) in [5, 5.41) is 6.99. The molecule has 192 valence electrons. The number of hydrogen-bond donors (Lipinski definition) is 1.